The Kier molecular flexibility index (Phi) is 8.43. The van der Waals surface area contributed by atoms with Gasteiger partial charge >= 0.3 is 0 Å². The molecule has 4 aromatic rings. The number of anilines is 1. The standard InChI is InChI=1S/C34H34FN3O3/c1-23(2)36-33(40)30(21-24-11-4-3-5-12-24)38(22-26-13-6-7-17-28(26)35)31(39)19-10-20-37-29-18-9-15-25-14-8-16-27(32(25)29)34(37)41/h3-9,11-18,23,30H,10,19-22H2,1-2H3,(H,36,40)/t30-/m1/s1. The van der Waals surface area contributed by atoms with E-state index in [1.165, 1.54) is 11.0 Å². The molecule has 3 amide bonds. The third kappa shape index (κ3) is 6.14. The first-order valence-corrected chi connectivity index (χ1v) is 14.0. The molecule has 0 saturated carbocycles. The maximum absolute atomic E-state index is 14.8. The lowest BCUT2D eigenvalue weighted by atomic mass is 10.0. The van der Waals surface area contributed by atoms with Crippen LogP contribution in [0.1, 0.15) is 48.2 Å². The third-order valence-electron chi connectivity index (χ3n) is 7.42. The maximum Gasteiger partial charge on any atom is 0.258 e. The van der Waals surface area contributed by atoms with Crippen molar-refractivity contribution < 1.29 is 18.8 Å². The van der Waals surface area contributed by atoms with Crippen molar-refractivity contribution in [2.75, 3.05) is 11.4 Å². The summed E-state index contributed by atoms with van der Waals surface area (Å²) in [7, 11) is 0. The summed E-state index contributed by atoms with van der Waals surface area (Å²) < 4.78 is 14.8. The molecule has 0 bridgehead atoms. The number of hydrogen-bond acceptors (Lipinski definition) is 3. The number of benzene rings is 4. The van der Waals surface area contributed by atoms with Crippen molar-refractivity contribution >= 4 is 34.2 Å². The fraction of sp³-hybridized carbons (Fsp3) is 0.265. The van der Waals surface area contributed by atoms with Gasteiger partial charge < -0.3 is 15.1 Å². The summed E-state index contributed by atoms with van der Waals surface area (Å²) >= 11 is 0. The van der Waals surface area contributed by atoms with Gasteiger partial charge in [-0.05, 0) is 49.4 Å². The van der Waals surface area contributed by atoms with Crippen LogP contribution in [0.15, 0.2) is 91.0 Å². The second kappa shape index (κ2) is 12.3. The Hall–Kier alpha value is -4.52. The Morgan fingerprint density at radius 3 is 2.34 bits per heavy atom. The van der Waals surface area contributed by atoms with Crippen molar-refractivity contribution in [1.82, 2.24) is 10.2 Å². The Balaban J connectivity index is 1.38. The topological polar surface area (TPSA) is 69.7 Å². The lowest BCUT2D eigenvalue weighted by Crippen LogP contribution is -2.52. The highest BCUT2D eigenvalue weighted by molar-refractivity contribution is 6.25. The zero-order chi connectivity index (χ0) is 28.9. The summed E-state index contributed by atoms with van der Waals surface area (Å²) in [5, 5.41) is 4.88. The number of nitrogens with one attached hydrogen (secondary N) is 1. The summed E-state index contributed by atoms with van der Waals surface area (Å²) in [4.78, 5) is 43.8. The minimum Gasteiger partial charge on any atom is -0.352 e. The molecule has 0 aliphatic carbocycles. The second-order valence-corrected chi connectivity index (χ2v) is 10.7. The summed E-state index contributed by atoms with van der Waals surface area (Å²) in [5.41, 5.74) is 2.75. The van der Waals surface area contributed by atoms with Gasteiger partial charge in [-0.3, -0.25) is 14.4 Å². The molecule has 7 heteroatoms. The largest absolute Gasteiger partial charge is 0.352 e. The van der Waals surface area contributed by atoms with Crippen molar-refractivity contribution in [2.24, 2.45) is 0 Å². The van der Waals surface area contributed by atoms with E-state index in [0.717, 1.165) is 22.0 Å². The van der Waals surface area contributed by atoms with Gasteiger partial charge in [0.15, 0.2) is 0 Å². The number of hydrogen-bond donors (Lipinski definition) is 1. The molecule has 0 saturated heterocycles. The second-order valence-electron chi connectivity index (χ2n) is 10.7. The van der Waals surface area contributed by atoms with Crippen LogP contribution >= 0.6 is 0 Å². The quantitative estimate of drug-likeness (QED) is 0.253. The van der Waals surface area contributed by atoms with Crippen LogP contribution in [-0.4, -0.2) is 41.2 Å². The van der Waals surface area contributed by atoms with E-state index in [1.54, 1.807) is 23.1 Å². The average molecular weight is 552 g/mol. The number of amides is 3. The summed E-state index contributed by atoms with van der Waals surface area (Å²) in [6.07, 6.45) is 0.791. The maximum atomic E-state index is 14.8. The molecule has 5 rings (SSSR count). The van der Waals surface area contributed by atoms with Gasteiger partial charge in [-0.25, -0.2) is 4.39 Å². The number of nitrogens with zero attached hydrogens (tertiary/aromatic N) is 2. The number of carbonyl (C=O) groups is 3. The highest BCUT2D eigenvalue weighted by Gasteiger charge is 2.32. The summed E-state index contributed by atoms with van der Waals surface area (Å²) in [5.74, 6) is -1.06. The van der Waals surface area contributed by atoms with E-state index in [4.69, 9.17) is 0 Å². The third-order valence-corrected chi connectivity index (χ3v) is 7.42. The molecule has 0 spiro atoms. The number of halogens is 1. The Labute approximate surface area is 239 Å². The molecule has 1 aliphatic heterocycles. The molecule has 0 fully saturated rings. The van der Waals surface area contributed by atoms with Crippen molar-refractivity contribution in [3.05, 3.63) is 114 Å². The first-order chi connectivity index (χ1) is 19.8. The molecule has 210 valence electrons. The fourth-order valence-corrected chi connectivity index (χ4v) is 5.48. The van der Waals surface area contributed by atoms with Crippen LogP contribution < -0.4 is 10.2 Å². The average Bonchev–Trinajstić information content (AvgIpc) is 3.24. The Morgan fingerprint density at radius 1 is 0.902 bits per heavy atom. The molecule has 4 aromatic carbocycles. The van der Waals surface area contributed by atoms with Crippen molar-refractivity contribution in [1.29, 1.82) is 0 Å². The number of carbonyl (C=O) groups excluding carboxylic acids is 3. The SMILES string of the molecule is CC(C)NC(=O)[C@@H](Cc1ccccc1)N(Cc1ccccc1F)C(=O)CCCN1C(=O)c2cccc3cccc1c23. The zero-order valence-corrected chi connectivity index (χ0v) is 23.3. The van der Waals surface area contributed by atoms with Gasteiger partial charge in [0.1, 0.15) is 11.9 Å². The van der Waals surface area contributed by atoms with Gasteiger partial charge in [-0.1, -0.05) is 72.8 Å². The first-order valence-electron chi connectivity index (χ1n) is 14.0. The molecule has 0 aromatic heterocycles. The van der Waals surface area contributed by atoms with Gasteiger partial charge in [0, 0.05) is 48.5 Å². The normalized spacial score (nSPS) is 13.1. The van der Waals surface area contributed by atoms with E-state index in [9.17, 15) is 18.8 Å². The van der Waals surface area contributed by atoms with Crippen LogP contribution in [-0.2, 0) is 22.6 Å². The molecular formula is C34H34FN3O3. The van der Waals surface area contributed by atoms with Gasteiger partial charge in [-0.2, -0.15) is 0 Å². The molecule has 1 aliphatic rings. The highest BCUT2D eigenvalue weighted by Crippen LogP contribution is 2.37. The van der Waals surface area contributed by atoms with Crippen LogP contribution in [0.2, 0.25) is 0 Å². The van der Waals surface area contributed by atoms with Crippen molar-refractivity contribution in [3.8, 4) is 0 Å². The van der Waals surface area contributed by atoms with Crippen LogP contribution in [0.25, 0.3) is 10.8 Å². The molecule has 1 atom stereocenters. The van der Waals surface area contributed by atoms with Gasteiger partial charge in [0.2, 0.25) is 11.8 Å². The molecular weight excluding hydrogens is 517 g/mol. The van der Waals surface area contributed by atoms with Crippen LogP contribution in [0.5, 0.6) is 0 Å². The Morgan fingerprint density at radius 2 is 1.61 bits per heavy atom. The van der Waals surface area contributed by atoms with Crippen LogP contribution in [0.4, 0.5) is 10.1 Å². The first kappa shape index (κ1) is 28.0. The molecule has 41 heavy (non-hydrogen) atoms. The minimum atomic E-state index is -0.835. The lowest BCUT2D eigenvalue weighted by Gasteiger charge is -2.32. The lowest BCUT2D eigenvalue weighted by molar-refractivity contribution is -0.141. The Bertz CT molecular complexity index is 1570. The predicted octanol–water partition coefficient (Wildman–Crippen LogP) is 5.88. The molecule has 0 radical (unpaired) electrons. The van der Waals surface area contributed by atoms with Crippen LogP contribution in [0.3, 0.4) is 0 Å². The van der Waals surface area contributed by atoms with Gasteiger partial charge in [0.25, 0.3) is 5.91 Å². The molecule has 1 heterocycles. The van der Waals surface area contributed by atoms with E-state index in [-0.39, 0.29) is 36.7 Å². The molecule has 0 unspecified atom stereocenters. The van der Waals surface area contributed by atoms with Crippen molar-refractivity contribution in [3.63, 3.8) is 0 Å². The monoisotopic (exact) mass is 551 g/mol. The van der Waals surface area contributed by atoms with Crippen molar-refractivity contribution in [2.45, 2.75) is 51.7 Å². The van der Waals surface area contributed by atoms with Gasteiger partial charge in [-0.15, -0.1) is 0 Å². The van der Waals surface area contributed by atoms with E-state index < -0.39 is 11.9 Å². The van der Waals surface area contributed by atoms with Gasteiger partial charge in [0.05, 0.1) is 5.69 Å². The van der Waals surface area contributed by atoms with E-state index in [2.05, 4.69) is 5.32 Å². The molecule has 1 N–H and O–H groups in total. The van der Waals surface area contributed by atoms with E-state index in [0.29, 0.717) is 30.5 Å². The highest BCUT2D eigenvalue weighted by atomic mass is 19.1. The smallest absolute Gasteiger partial charge is 0.258 e. The predicted molar refractivity (Wildman–Crippen MR) is 159 cm³/mol. The zero-order valence-electron chi connectivity index (χ0n) is 23.3. The van der Waals surface area contributed by atoms with E-state index in [1.807, 2.05) is 80.6 Å². The summed E-state index contributed by atoms with van der Waals surface area (Å²) in [6, 6.07) is 26.4. The molecule has 6 nitrogen and oxygen atoms in total. The number of rotatable bonds is 11. The minimum absolute atomic E-state index is 0.0398. The summed E-state index contributed by atoms with van der Waals surface area (Å²) in [6.45, 7) is 4.05. The fourth-order valence-electron chi connectivity index (χ4n) is 5.48. The van der Waals surface area contributed by atoms with Crippen LogP contribution in [0, 0.1) is 5.82 Å². The van der Waals surface area contributed by atoms with E-state index >= 15 is 0 Å².